The minimum absolute atomic E-state index is 0.0365. The SMILES string of the molecule is Cc1ccc(CNC(=O)[C@@H]2CC(=O)N(c3ccc(OCC(=O)N4CCOCC4)cc3)C2)cc1. The third-order valence-corrected chi connectivity index (χ3v) is 5.96. The monoisotopic (exact) mass is 451 g/mol. The Morgan fingerprint density at radius 3 is 2.45 bits per heavy atom. The van der Waals surface area contributed by atoms with E-state index in [9.17, 15) is 14.4 Å². The first-order valence-electron chi connectivity index (χ1n) is 11.2. The first kappa shape index (κ1) is 22.8. The quantitative estimate of drug-likeness (QED) is 0.695. The predicted molar refractivity (Wildman–Crippen MR) is 123 cm³/mol. The van der Waals surface area contributed by atoms with Crippen molar-refractivity contribution in [3.05, 3.63) is 59.7 Å². The summed E-state index contributed by atoms with van der Waals surface area (Å²) in [6.45, 7) is 5.03. The molecule has 0 aromatic heterocycles. The van der Waals surface area contributed by atoms with E-state index >= 15 is 0 Å². The van der Waals surface area contributed by atoms with Crippen molar-refractivity contribution in [2.24, 2.45) is 5.92 Å². The Balaban J connectivity index is 1.27. The van der Waals surface area contributed by atoms with Gasteiger partial charge in [-0.25, -0.2) is 0 Å². The van der Waals surface area contributed by atoms with Crippen molar-refractivity contribution < 1.29 is 23.9 Å². The number of nitrogens with one attached hydrogen (secondary N) is 1. The molecule has 1 atom stereocenters. The molecule has 2 fully saturated rings. The summed E-state index contributed by atoms with van der Waals surface area (Å²) in [5, 5.41) is 2.93. The van der Waals surface area contributed by atoms with Crippen molar-refractivity contribution in [1.29, 1.82) is 0 Å². The van der Waals surface area contributed by atoms with Gasteiger partial charge in [-0.2, -0.15) is 0 Å². The van der Waals surface area contributed by atoms with Crippen LogP contribution < -0.4 is 15.0 Å². The fourth-order valence-electron chi connectivity index (χ4n) is 3.94. The van der Waals surface area contributed by atoms with Crippen LogP contribution in [0.5, 0.6) is 5.75 Å². The first-order chi connectivity index (χ1) is 16.0. The zero-order chi connectivity index (χ0) is 23.2. The molecule has 2 aliphatic rings. The molecule has 8 nitrogen and oxygen atoms in total. The first-order valence-corrected chi connectivity index (χ1v) is 11.2. The summed E-state index contributed by atoms with van der Waals surface area (Å²) >= 11 is 0. The number of carbonyl (C=O) groups is 3. The Bertz CT molecular complexity index is 984. The third-order valence-electron chi connectivity index (χ3n) is 5.96. The zero-order valence-electron chi connectivity index (χ0n) is 18.8. The van der Waals surface area contributed by atoms with E-state index in [1.165, 1.54) is 5.56 Å². The smallest absolute Gasteiger partial charge is 0.260 e. The second-order valence-corrected chi connectivity index (χ2v) is 8.38. The molecule has 1 N–H and O–H groups in total. The highest BCUT2D eigenvalue weighted by Crippen LogP contribution is 2.27. The lowest BCUT2D eigenvalue weighted by molar-refractivity contribution is -0.137. The molecule has 2 aliphatic heterocycles. The average molecular weight is 452 g/mol. The molecule has 0 radical (unpaired) electrons. The lowest BCUT2D eigenvalue weighted by Gasteiger charge is -2.26. The van der Waals surface area contributed by atoms with Gasteiger partial charge in [0.25, 0.3) is 5.91 Å². The molecule has 0 aliphatic carbocycles. The Labute approximate surface area is 193 Å². The molecule has 2 heterocycles. The molecule has 0 bridgehead atoms. The topological polar surface area (TPSA) is 88.2 Å². The molecule has 0 unspecified atom stereocenters. The van der Waals surface area contributed by atoms with Crippen molar-refractivity contribution in [2.45, 2.75) is 19.9 Å². The van der Waals surface area contributed by atoms with Gasteiger partial charge in [-0.1, -0.05) is 29.8 Å². The summed E-state index contributed by atoms with van der Waals surface area (Å²) in [5.41, 5.74) is 2.90. The number of hydrogen-bond acceptors (Lipinski definition) is 5. The van der Waals surface area contributed by atoms with E-state index in [-0.39, 0.29) is 36.7 Å². The number of amides is 3. The van der Waals surface area contributed by atoms with Crippen LogP contribution in [0.1, 0.15) is 17.5 Å². The number of ether oxygens (including phenoxy) is 2. The number of morpholine rings is 1. The van der Waals surface area contributed by atoms with Gasteiger partial charge < -0.3 is 24.6 Å². The third kappa shape index (κ3) is 5.90. The molecule has 3 amide bonds. The van der Waals surface area contributed by atoms with Crippen LogP contribution in [-0.4, -0.2) is 62.1 Å². The van der Waals surface area contributed by atoms with Crippen LogP contribution in [-0.2, 0) is 25.7 Å². The maximum absolute atomic E-state index is 12.6. The minimum atomic E-state index is -0.384. The van der Waals surface area contributed by atoms with Crippen molar-refractivity contribution in [3.8, 4) is 5.75 Å². The second kappa shape index (κ2) is 10.5. The highest BCUT2D eigenvalue weighted by atomic mass is 16.5. The second-order valence-electron chi connectivity index (χ2n) is 8.38. The van der Waals surface area contributed by atoms with Crippen LogP contribution in [0.25, 0.3) is 0 Å². The van der Waals surface area contributed by atoms with Crippen LogP contribution in [0.2, 0.25) is 0 Å². The molecule has 0 spiro atoms. The van der Waals surface area contributed by atoms with Crippen LogP contribution in [0.4, 0.5) is 5.69 Å². The Morgan fingerprint density at radius 2 is 1.76 bits per heavy atom. The van der Waals surface area contributed by atoms with Gasteiger partial charge >= 0.3 is 0 Å². The normalized spacial score (nSPS) is 18.3. The Kier molecular flexibility index (Phi) is 7.24. The number of anilines is 1. The fraction of sp³-hybridized carbons (Fsp3) is 0.400. The van der Waals surface area contributed by atoms with Gasteiger partial charge in [-0.3, -0.25) is 14.4 Å². The number of aryl methyl sites for hydroxylation is 1. The van der Waals surface area contributed by atoms with Crippen LogP contribution >= 0.6 is 0 Å². The molecule has 4 rings (SSSR count). The fourth-order valence-corrected chi connectivity index (χ4v) is 3.94. The molecule has 2 aromatic carbocycles. The van der Waals surface area contributed by atoms with E-state index < -0.39 is 0 Å². The lowest BCUT2D eigenvalue weighted by Crippen LogP contribution is -2.42. The highest BCUT2D eigenvalue weighted by Gasteiger charge is 2.35. The Hall–Kier alpha value is -3.39. The van der Waals surface area contributed by atoms with Gasteiger partial charge in [0.05, 0.1) is 19.1 Å². The van der Waals surface area contributed by atoms with Crippen LogP contribution in [0.15, 0.2) is 48.5 Å². The minimum Gasteiger partial charge on any atom is -0.484 e. The van der Waals surface area contributed by atoms with E-state index in [0.717, 1.165) is 5.56 Å². The molecule has 0 saturated carbocycles. The van der Waals surface area contributed by atoms with Gasteiger partial charge in [-0.05, 0) is 36.8 Å². The number of rotatable bonds is 7. The number of nitrogens with zero attached hydrogens (tertiary/aromatic N) is 2. The van der Waals surface area contributed by atoms with Gasteiger partial charge in [-0.15, -0.1) is 0 Å². The summed E-state index contributed by atoms with van der Waals surface area (Å²) in [7, 11) is 0. The average Bonchev–Trinajstić information content (AvgIpc) is 3.24. The summed E-state index contributed by atoms with van der Waals surface area (Å²) in [4.78, 5) is 40.7. The maximum Gasteiger partial charge on any atom is 0.260 e. The van der Waals surface area contributed by atoms with Gasteiger partial charge in [0.1, 0.15) is 5.75 Å². The Morgan fingerprint density at radius 1 is 1.06 bits per heavy atom. The van der Waals surface area contributed by atoms with Crippen LogP contribution in [0.3, 0.4) is 0 Å². The molecule has 2 aromatic rings. The summed E-state index contributed by atoms with van der Waals surface area (Å²) in [6, 6.07) is 15.0. The van der Waals surface area contributed by atoms with Gasteiger partial charge in [0.15, 0.2) is 6.61 Å². The molecule has 33 heavy (non-hydrogen) atoms. The standard InChI is InChI=1S/C25H29N3O5/c1-18-2-4-19(5-3-18)15-26-25(31)20-14-23(29)28(16-20)21-6-8-22(9-7-21)33-17-24(30)27-10-12-32-13-11-27/h2-9,20H,10-17H2,1H3,(H,26,31)/t20-/m1/s1. The van der Waals surface area contributed by atoms with E-state index in [0.29, 0.717) is 50.8 Å². The van der Waals surface area contributed by atoms with E-state index in [1.807, 2.05) is 31.2 Å². The van der Waals surface area contributed by atoms with E-state index in [1.54, 1.807) is 34.1 Å². The number of benzene rings is 2. The molecule has 174 valence electrons. The highest BCUT2D eigenvalue weighted by molar-refractivity contribution is 6.00. The summed E-state index contributed by atoms with van der Waals surface area (Å²) in [5.74, 6) is -0.101. The molecular weight excluding hydrogens is 422 g/mol. The van der Waals surface area contributed by atoms with Crippen molar-refractivity contribution >= 4 is 23.4 Å². The van der Waals surface area contributed by atoms with Crippen molar-refractivity contribution in [1.82, 2.24) is 10.2 Å². The lowest BCUT2D eigenvalue weighted by atomic mass is 10.1. The van der Waals surface area contributed by atoms with Crippen molar-refractivity contribution in [3.63, 3.8) is 0 Å². The molecular formula is C25H29N3O5. The van der Waals surface area contributed by atoms with Gasteiger partial charge in [0.2, 0.25) is 11.8 Å². The predicted octanol–water partition coefficient (Wildman–Crippen LogP) is 1.90. The summed E-state index contributed by atoms with van der Waals surface area (Å²) in [6.07, 6.45) is 0.187. The number of hydrogen-bond donors (Lipinski definition) is 1. The number of carbonyl (C=O) groups excluding carboxylic acids is 3. The largest absolute Gasteiger partial charge is 0.484 e. The van der Waals surface area contributed by atoms with Gasteiger partial charge in [0, 0.05) is 38.3 Å². The molecule has 2 saturated heterocycles. The van der Waals surface area contributed by atoms with Crippen molar-refractivity contribution in [2.75, 3.05) is 44.4 Å². The van der Waals surface area contributed by atoms with E-state index in [2.05, 4.69) is 5.32 Å². The summed E-state index contributed by atoms with van der Waals surface area (Å²) < 4.78 is 10.9. The van der Waals surface area contributed by atoms with Crippen LogP contribution in [0, 0.1) is 12.8 Å². The zero-order valence-corrected chi connectivity index (χ0v) is 18.8. The van der Waals surface area contributed by atoms with E-state index in [4.69, 9.17) is 9.47 Å². The molecule has 8 heteroatoms. The maximum atomic E-state index is 12.6.